The lowest BCUT2D eigenvalue weighted by atomic mass is 10.1. The molecule has 0 saturated heterocycles. The Hall–Kier alpha value is -2.38. The summed E-state index contributed by atoms with van der Waals surface area (Å²) in [7, 11) is -3.28. The Bertz CT molecular complexity index is 973. The highest BCUT2D eigenvalue weighted by atomic mass is 35.5. The zero-order valence-corrected chi connectivity index (χ0v) is 16.3. The normalized spacial score (nSPS) is 14.7. The number of carbonyl (C=O) groups excluding carboxylic acids is 2. The molecule has 0 bridgehead atoms. The fourth-order valence-corrected chi connectivity index (χ4v) is 3.82. The zero-order valence-electron chi connectivity index (χ0n) is 14.7. The van der Waals surface area contributed by atoms with Crippen molar-refractivity contribution in [1.82, 2.24) is 4.90 Å². The highest BCUT2D eigenvalue weighted by Gasteiger charge is 2.36. The quantitative estimate of drug-likeness (QED) is 0.799. The van der Waals surface area contributed by atoms with Gasteiger partial charge in [0.2, 0.25) is 5.91 Å². The maximum atomic E-state index is 12.9. The highest BCUT2D eigenvalue weighted by Crippen LogP contribution is 2.26. The minimum Gasteiger partial charge on any atom is -0.324 e. The topological polar surface area (TPSA) is 83.6 Å². The summed E-state index contributed by atoms with van der Waals surface area (Å²) in [4.78, 5) is 27.0. The summed E-state index contributed by atoms with van der Waals surface area (Å²) < 4.78 is 23.2. The smallest absolute Gasteiger partial charge is 0.255 e. The van der Waals surface area contributed by atoms with Crippen molar-refractivity contribution in [2.45, 2.75) is 19.0 Å². The third-order valence-corrected chi connectivity index (χ3v) is 5.63. The average molecular weight is 407 g/mol. The Labute approximate surface area is 163 Å². The minimum atomic E-state index is -3.28. The van der Waals surface area contributed by atoms with Crippen LogP contribution in [0.5, 0.6) is 0 Å². The number of rotatable bonds is 6. The summed E-state index contributed by atoms with van der Waals surface area (Å²) >= 11 is 5.85. The molecule has 2 aromatic rings. The van der Waals surface area contributed by atoms with Gasteiger partial charge >= 0.3 is 0 Å². The van der Waals surface area contributed by atoms with Gasteiger partial charge < -0.3 is 10.2 Å². The molecule has 27 heavy (non-hydrogen) atoms. The molecule has 1 aliphatic heterocycles. The number of hydrogen-bond donors (Lipinski definition) is 1. The van der Waals surface area contributed by atoms with E-state index in [1.165, 1.54) is 4.90 Å². The van der Waals surface area contributed by atoms with Gasteiger partial charge in [0, 0.05) is 29.1 Å². The number of nitrogens with one attached hydrogen (secondary N) is 1. The van der Waals surface area contributed by atoms with Gasteiger partial charge in [0.1, 0.15) is 15.9 Å². The SMILES string of the molecule is CS(=O)(=O)CCC(C(=O)Nc1ccc(Cl)cc1)N1Cc2ccccc2C1=O. The number of nitrogens with zero attached hydrogens (tertiary/aromatic N) is 1. The molecule has 6 nitrogen and oxygen atoms in total. The van der Waals surface area contributed by atoms with Crippen molar-refractivity contribution < 1.29 is 18.0 Å². The second kappa shape index (κ2) is 7.70. The van der Waals surface area contributed by atoms with Crippen LogP contribution < -0.4 is 5.32 Å². The van der Waals surface area contributed by atoms with Crippen LogP contribution in [0.2, 0.25) is 5.02 Å². The van der Waals surface area contributed by atoms with E-state index in [4.69, 9.17) is 11.6 Å². The molecule has 1 aliphatic rings. The summed E-state index contributed by atoms with van der Waals surface area (Å²) in [5, 5.41) is 3.28. The lowest BCUT2D eigenvalue weighted by Crippen LogP contribution is -2.45. The number of hydrogen-bond acceptors (Lipinski definition) is 4. The first-order valence-electron chi connectivity index (χ1n) is 8.37. The Morgan fingerprint density at radius 2 is 1.85 bits per heavy atom. The number of carbonyl (C=O) groups is 2. The molecule has 1 heterocycles. The number of benzene rings is 2. The van der Waals surface area contributed by atoms with Crippen molar-refractivity contribution in [3.63, 3.8) is 0 Å². The van der Waals surface area contributed by atoms with Crippen LogP contribution in [0, 0.1) is 0 Å². The first-order chi connectivity index (χ1) is 12.7. The van der Waals surface area contributed by atoms with Crippen LogP contribution >= 0.6 is 11.6 Å². The van der Waals surface area contributed by atoms with Crippen molar-refractivity contribution in [2.24, 2.45) is 0 Å². The molecule has 2 amide bonds. The summed E-state index contributed by atoms with van der Waals surface area (Å²) in [5.74, 6) is -0.885. The van der Waals surface area contributed by atoms with Crippen molar-refractivity contribution in [1.29, 1.82) is 0 Å². The van der Waals surface area contributed by atoms with E-state index in [0.29, 0.717) is 16.3 Å². The number of sulfone groups is 1. The standard InChI is InChI=1S/C19H19ClN2O4S/c1-27(25,26)11-10-17(18(23)21-15-8-6-14(20)7-9-15)22-12-13-4-2-3-5-16(13)19(22)24/h2-9,17H,10-12H2,1H3,(H,21,23). The Kier molecular flexibility index (Phi) is 5.53. The van der Waals surface area contributed by atoms with Crippen LogP contribution in [-0.4, -0.2) is 43.2 Å². The fraction of sp³-hybridized carbons (Fsp3) is 0.263. The lowest BCUT2D eigenvalue weighted by Gasteiger charge is -2.26. The molecular formula is C19H19ClN2O4S. The van der Waals surface area contributed by atoms with E-state index in [9.17, 15) is 18.0 Å². The van der Waals surface area contributed by atoms with E-state index in [1.807, 2.05) is 12.1 Å². The minimum absolute atomic E-state index is 0.0258. The molecule has 1 atom stereocenters. The van der Waals surface area contributed by atoms with E-state index in [1.54, 1.807) is 36.4 Å². The predicted octanol–water partition coefficient (Wildman–Crippen LogP) is 2.74. The van der Waals surface area contributed by atoms with Crippen LogP contribution in [0.25, 0.3) is 0 Å². The van der Waals surface area contributed by atoms with Crippen molar-refractivity contribution >= 4 is 38.9 Å². The number of halogens is 1. The summed E-state index contributed by atoms with van der Waals surface area (Å²) in [6.07, 6.45) is 1.14. The van der Waals surface area contributed by atoms with Crippen molar-refractivity contribution in [2.75, 3.05) is 17.3 Å². The third-order valence-electron chi connectivity index (χ3n) is 4.40. The lowest BCUT2D eigenvalue weighted by molar-refractivity contribution is -0.120. The second-order valence-corrected chi connectivity index (χ2v) is 9.22. The van der Waals surface area contributed by atoms with E-state index >= 15 is 0 Å². The van der Waals surface area contributed by atoms with Crippen LogP contribution in [0.15, 0.2) is 48.5 Å². The second-order valence-electron chi connectivity index (χ2n) is 6.52. The summed E-state index contributed by atoms with van der Waals surface area (Å²) in [6, 6.07) is 12.8. The Morgan fingerprint density at radius 1 is 1.19 bits per heavy atom. The van der Waals surface area contributed by atoms with Crippen molar-refractivity contribution in [3.05, 3.63) is 64.7 Å². The van der Waals surface area contributed by atoms with Gasteiger partial charge in [0.05, 0.1) is 5.75 Å². The molecule has 1 N–H and O–H groups in total. The maximum absolute atomic E-state index is 12.9. The summed E-state index contributed by atoms with van der Waals surface area (Å²) in [5.41, 5.74) is 1.89. The number of anilines is 1. The number of fused-ring (bicyclic) bond motifs is 1. The molecule has 8 heteroatoms. The van der Waals surface area contributed by atoms with Gasteiger partial charge in [-0.3, -0.25) is 9.59 Å². The number of amides is 2. The van der Waals surface area contributed by atoms with E-state index in [-0.39, 0.29) is 24.6 Å². The third kappa shape index (κ3) is 4.67. The van der Waals surface area contributed by atoms with E-state index < -0.39 is 21.8 Å². The molecule has 0 radical (unpaired) electrons. The van der Waals surface area contributed by atoms with E-state index in [0.717, 1.165) is 11.8 Å². The monoisotopic (exact) mass is 406 g/mol. The molecule has 0 fully saturated rings. The van der Waals surface area contributed by atoms with Gasteiger partial charge in [-0.2, -0.15) is 0 Å². The molecule has 0 aliphatic carbocycles. The molecule has 142 valence electrons. The van der Waals surface area contributed by atoms with Crippen LogP contribution in [0.3, 0.4) is 0 Å². The van der Waals surface area contributed by atoms with Gasteiger partial charge in [-0.1, -0.05) is 29.8 Å². The van der Waals surface area contributed by atoms with E-state index in [2.05, 4.69) is 5.32 Å². The predicted molar refractivity (Wildman–Crippen MR) is 105 cm³/mol. The van der Waals surface area contributed by atoms with Gasteiger partial charge in [-0.25, -0.2) is 8.42 Å². The summed E-state index contributed by atoms with van der Waals surface area (Å²) in [6.45, 7) is 0.275. The molecule has 0 aromatic heterocycles. The molecule has 2 aromatic carbocycles. The van der Waals surface area contributed by atoms with Gasteiger partial charge in [-0.05, 0) is 42.3 Å². The van der Waals surface area contributed by atoms with Crippen molar-refractivity contribution in [3.8, 4) is 0 Å². The van der Waals surface area contributed by atoms with Crippen LogP contribution in [0.4, 0.5) is 5.69 Å². The average Bonchev–Trinajstić information content (AvgIpc) is 2.93. The first-order valence-corrected chi connectivity index (χ1v) is 10.8. The first kappa shape index (κ1) is 19.4. The molecule has 0 spiro atoms. The van der Waals surface area contributed by atoms with Crippen LogP contribution in [0.1, 0.15) is 22.3 Å². The van der Waals surface area contributed by atoms with Gasteiger partial charge in [-0.15, -0.1) is 0 Å². The fourth-order valence-electron chi connectivity index (χ4n) is 3.04. The van der Waals surface area contributed by atoms with Crippen LogP contribution in [-0.2, 0) is 21.2 Å². The van der Waals surface area contributed by atoms with Gasteiger partial charge in [0.15, 0.2) is 0 Å². The maximum Gasteiger partial charge on any atom is 0.255 e. The Balaban J connectivity index is 1.84. The molecule has 1 unspecified atom stereocenters. The Morgan fingerprint density at radius 3 is 2.48 bits per heavy atom. The van der Waals surface area contributed by atoms with Gasteiger partial charge in [0.25, 0.3) is 5.91 Å². The highest BCUT2D eigenvalue weighted by molar-refractivity contribution is 7.90. The molecule has 3 rings (SSSR count). The zero-order chi connectivity index (χ0) is 19.6. The molecular weight excluding hydrogens is 388 g/mol. The largest absolute Gasteiger partial charge is 0.324 e. The molecule has 0 saturated carbocycles.